The van der Waals surface area contributed by atoms with Gasteiger partial charge in [0, 0.05) is 44.6 Å². The predicted octanol–water partition coefficient (Wildman–Crippen LogP) is 3.29. The standard InChI is InChI=1S/C10H9Cl.2Os/c11-10-6-5-8-3-1-2-4-9(8)7-10;;/h1,3,5-7H,2,4H2;;. The largest absolute Gasteiger partial charge is 0.0843 e. The molecular formula is C10H9ClOs2. The van der Waals surface area contributed by atoms with E-state index >= 15 is 0 Å². The van der Waals surface area contributed by atoms with Crippen molar-refractivity contribution < 1.29 is 39.6 Å². The number of fused-ring (bicyclic) bond motifs is 1. The van der Waals surface area contributed by atoms with Gasteiger partial charge in [0.15, 0.2) is 0 Å². The quantitative estimate of drug-likeness (QED) is 0.470. The third-order valence-corrected chi connectivity index (χ3v) is 2.22. The third kappa shape index (κ3) is 3.29. The van der Waals surface area contributed by atoms with E-state index in [4.69, 9.17) is 11.6 Å². The third-order valence-electron chi connectivity index (χ3n) is 1.98. The summed E-state index contributed by atoms with van der Waals surface area (Å²) >= 11 is 5.85. The number of aryl methyl sites for hydroxylation is 1. The molecule has 0 fully saturated rings. The molecule has 0 saturated carbocycles. The fourth-order valence-electron chi connectivity index (χ4n) is 1.40. The Morgan fingerprint density at radius 3 is 2.69 bits per heavy atom. The summed E-state index contributed by atoms with van der Waals surface area (Å²) in [6.07, 6.45) is 6.64. The zero-order valence-corrected chi connectivity index (χ0v) is 12.7. The van der Waals surface area contributed by atoms with Crippen LogP contribution in [0.3, 0.4) is 0 Å². The van der Waals surface area contributed by atoms with Crippen LogP contribution in [0.4, 0.5) is 0 Å². The number of hydrogen-bond donors (Lipinski definition) is 0. The Labute approximate surface area is 110 Å². The van der Waals surface area contributed by atoms with Crippen molar-refractivity contribution in [3.63, 3.8) is 0 Å². The van der Waals surface area contributed by atoms with Gasteiger partial charge in [0.05, 0.1) is 0 Å². The molecule has 0 aromatic heterocycles. The molecule has 0 spiro atoms. The molecule has 1 aromatic rings. The van der Waals surface area contributed by atoms with E-state index in [1.54, 1.807) is 0 Å². The minimum atomic E-state index is 0. The molecule has 0 aliphatic heterocycles. The van der Waals surface area contributed by atoms with Crippen molar-refractivity contribution in [1.29, 1.82) is 0 Å². The summed E-state index contributed by atoms with van der Waals surface area (Å²) in [7, 11) is 0. The van der Waals surface area contributed by atoms with Gasteiger partial charge in [-0.15, -0.1) is 0 Å². The Balaban J connectivity index is 0.000000720. The number of hydrogen-bond acceptors (Lipinski definition) is 0. The molecule has 0 nitrogen and oxygen atoms in total. The molecule has 0 unspecified atom stereocenters. The van der Waals surface area contributed by atoms with Gasteiger partial charge in [-0.25, -0.2) is 0 Å². The molecule has 0 N–H and O–H groups in total. The van der Waals surface area contributed by atoms with Crippen LogP contribution in [0.1, 0.15) is 17.5 Å². The summed E-state index contributed by atoms with van der Waals surface area (Å²) in [4.78, 5) is 0. The van der Waals surface area contributed by atoms with Gasteiger partial charge in [-0.2, -0.15) is 0 Å². The van der Waals surface area contributed by atoms with Crippen molar-refractivity contribution in [2.45, 2.75) is 12.8 Å². The second-order valence-electron chi connectivity index (χ2n) is 2.78. The maximum Gasteiger partial charge on any atom is 0.0409 e. The van der Waals surface area contributed by atoms with E-state index < -0.39 is 0 Å². The fourth-order valence-corrected chi connectivity index (χ4v) is 1.60. The Morgan fingerprint density at radius 2 is 1.92 bits per heavy atom. The average molecular weight is 545 g/mol. The van der Waals surface area contributed by atoms with Gasteiger partial charge >= 0.3 is 0 Å². The second kappa shape index (κ2) is 6.09. The summed E-state index contributed by atoms with van der Waals surface area (Å²) in [6.45, 7) is 0. The molecule has 3 heteroatoms. The number of rotatable bonds is 0. The van der Waals surface area contributed by atoms with Crippen LogP contribution in [0.15, 0.2) is 24.3 Å². The molecule has 13 heavy (non-hydrogen) atoms. The van der Waals surface area contributed by atoms with Crippen LogP contribution >= 0.6 is 11.6 Å². The SMILES string of the molecule is Clc1ccc2c(c1)CCC=C2.[Os].[Os]. The van der Waals surface area contributed by atoms with Crippen LogP contribution in [0.5, 0.6) is 0 Å². The van der Waals surface area contributed by atoms with E-state index in [1.165, 1.54) is 11.1 Å². The van der Waals surface area contributed by atoms with Crippen molar-refractivity contribution in [3.8, 4) is 0 Å². The van der Waals surface area contributed by atoms with Crippen molar-refractivity contribution in [2.24, 2.45) is 0 Å². The van der Waals surface area contributed by atoms with Gasteiger partial charge < -0.3 is 0 Å². The van der Waals surface area contributed by atoms with Crippen LogP contribution in [0, 0.1) is 0 Å². The molecule has 0 saturated heterocycles. The van der Waals surface area contributed by atoms with E-state index in [-0.39, 0.29) is 39.6 Å². The fraction of sp³-hybridized carbons (Fsp3) is 0.200. The molecule has 0 bridgehead atoms. The number of halogens is 1. The van der Waals surface area contributed by atoms with E-state index in [9.17, 15) is 0 Å². The maximum absolute atomic E-state index is 5.85. The van der Waals surface area contributed by atoms with Gasteiger partial charge in [-0.3, -0.25) is 0 Å². The van der Waals surface area contributed by atoms with Crippen LogP contribution in [-0.2, 0) is 46.0 Å². The van der Waals surface area contributed by atoms with Crippen LogP contribution < -0.4 is 0 Å². The Kier molecular flexibility index (Phi) is 6.34. The first kappa shape index (κ1) is 13.5. The molecule has 0 amide bonds. The first-order chi connectivity index (χ1) is 5.36. The van der Waals surface area contributed by atoms with Gasteiger partial charge in [-0.1, -0.05) is 29.8 Å². The monoisotopic (exact) mass is 548 g/mol. The van der Waals surface area contributed by atoms with Crippen molar-refractivity contribution in [1.82, 2.24) is 0 Å². The molecule has 72 valence electrons. The van der Waals surface area contributed by atoms with E-state index in [1.807, 2.05) is 6.07 Å². The smallest absolute Gasteiger partial charge is 0.0409 e. The minimum Gasteiger partial charge on any atom is -0.0843 e. The van der Waals surface area contributed by atoms with Crippen LogP contribution in [0.2, 0.25) is 5.02 Å². The molecule has 0 heterocycles. The molecule has 2 rings (SSSR count). The molecule has 0 atom stereocenters. The molecule has 1 aliphatic carbocycles. The topological polar surface area (TPSA) is 0 Å². The summed E-state index contributed by atoms with van der Waals surface area (Å²) in [5.41, 5.74) is 2.70. The van der Waals surface area contributed by atoms with E-state index in [0.29, 0.717) is 0 Å². The number of allylic oxidation sites excluding steroid dienone is 1. The van der Waals surface area contributed by atoms with E-state index in [0.717, 1.165) is 17.9 Å². The van der Waals surface area contributed by atoms with Crippen LogP contribution in [0.25, 0.3) is 6.08 Å². The minimum absolute atomic E-state index is 0. The predicted molar refractivity (Wildman–Crippen MR) is 48.8 cm³/mol. The Hall–Kier alpha value is 0.523. The summed E-state index contributed by atoms with van der Waals surface area (Å²) in [5, 5.41) is 0.846. The average Bonchev–Trinajstić information content (AvgIpc) is 2.04. The van der Waals surface area contributed by atoms with Crippen molar-refractivity contribution in [2.75, 3.05) is 0 Å². The number of benzene rings is 1. The van der Waals surface area contributed by atoms with Crippen LogP contribution in [-0.4, -0.2) is 0 Å². The first-order valence-corrected chi connectivity index (χ1v) is 4.19. The van der Waals surface area contributed by atoms with Gasteiger partial charge in [-0.05, 0) is 36.1 Å². The van der Waals surface area contributed by atoms with Gasteiger partial charge in [0.1, 0.15) is 0 Å². The van der Waals surface area contributed by atoms with Crippen molar-refractivity contribution in [3.05, 3.63) is 40.4 Å². The summed E-state index contributed by atoms with van der Waals surface area (Å²) in [6, 6.07) is 6.07. The molecule has 1 aliphatic rings. The first-order valence-electron chi connectivity index (χ1n) is 3.81. The molecule has 1 aromatic carbocycles. The zero-order chi connectivity index (χ0) is 7.68. The van der Waals surface area contributed by atoms with E-state index in [2.05, 4.69) is 24.3 Å². The summed E-state index contributed by atoms with van der Waals surface area (Å²) < 4.78 is 0. The molecule has 0 radical (unpaired) electrons. The normalized spacial score (nSPS) is 12.4. The van der Waals surface area contributed by atoms with Gasteiger partial charge in [0.2, 0.25) is 0 Å². The second-order valence-corrected chi connectivity index (χ2v) is 3.22. The molecular weight excluding hydrogens is 536 g/mol. The summed E-state index contributed by atoms with van der Waals surface area (Å²) in [5.74, 6) is 0. The Bertz CT molecular complexity index is 308. The van der Waals surface area contributed by atoms with Gasteiger partial charge in [0.25, 0.3) is 0 Å². The van der Waals surface area contributed by atoms with Crippen molar-refractivity contribution >= 4 is 17.7 Å². The maximum atomic E-state index is 5.85. The Morgan fingerprint density at radius 1 is 1.15 bits per heavy atom. The zero-order valence-electron chi connectivity index (χ0n) is 6.89.